The van der Waals surface area contributed by atoms with Crippen LogP contribution in [0.2, 0.25) is 0 Å². The molecule has 7 heteroatoms. The minimum atomic E-state index is -0.122. The fourth-order valence-electron chi connectivity index (χ4n) is 3.47. The van der Waals surface area contributed by atoms with Gasteiger partial charge in [0, 0.05) is 32.5 Å². The van der Waals surface area contributed by atoms with Gasteiger partial charge in [-0.15, -0.1) is 0 Å². The number of likely N-dealkylation sites (tertiary alicyclic amines) is 1. The van der Waals surface area contributed by atoms with Gasteiger partial charge in [-0.3, -0.25) is 9.59 Å². The van der Waals surface area contributed by atoms with E-state index < -0.39 is 0 Å². The summed E-state index contributed by atoms with van der Waals surface area (Å²) in [6.07, 6.45) is 2.21. The molecule has 2 heterocycles. The molecule has 2 aliphatic rings. The number of piperidine rings is 1. The molecule has 27 heavy (non-hydrogen) atoms. The van der Waals surface area contributed by atoms with Crippen LogP contribution in [0.4, 0.5) is 0 Å². The molecule has 0 radical (unpaired) electrons. The molecule has 0 unspecified atom stereocenters. The minimum absolute atomic E-state index is 0.0167. The SMILES string of the molecule is COCC(=O)N1CCC(C(=O)N[C@@H](C)c2ccc3c(c2)OCCCO3)CC1. The number of carbonyl (C=O) groups excluding carboxylic acids is 2. The van der Waals surface area contributed by atoms with E-state index in [0.717, 1.165) is 23.5 Å². The molecule has 0 spiro atoms. The standard InChI is InChI=1S/C20H28N2O5/c1-14(16-4-5-17-18(12-16)27-11-3-10-26-17)21-20(24)15-6-8-22(9-7-15)19(23)13-25-2/h4-5,12,14-15H,3,6-11,13H2,1-2H3,(H,21,24)/t14-/m0/s1. The van der Waals surface area contributed by atoms with Gasteiger partial charge in [0.1, 0.15) is 6.61 Å². The van der Waals surface area contributed by atoms with Gasteiger partial charge in [-0.1, -0.05) is 6.07 Å². The highest BCUT2D eigenvalue weighted by Gasteiger charge is 2.28. The second kappa shape index (κ2) is 9.08. The van der Waals surface area contributed by atoms with Crippen molar-refractivity contribution in [2.24, 2.45) is 5.92 Å². The Kier molecular flexibility index (Phi) is 6.55. The van der Waals surface area contributed by atoms with E-state index in [1.54, 1.807) is 4.90 Å². The summed E-state index contributed by atoms with van der Waals surface area (Å²) in [7, 11) is 1.51. The van der Waals surface area contributed by atoms with Crippen molar-refractivity contribution in [3.63, 3.8) is 0 Å². The molecule has 1 saturated heterocycles. The van der Waals surface area contributed by atoms with E-state index >= 15 is 0 Å². The average Bonchev–Trinajstić information content (AvgIpc) is 2.93. The van der Waals surface area contributed by atoms with Gasteiger partial charge in [0.15, 0.2) is 11.5 Å². The first-order valence-electron chi connectivity index (χ1n) is 9.55. The number of amides is 2. The molecule has 7 nitrogen and oxygen atoms in total. The van der Waals surface area contributed by atoms with Crippen LogP contribution in [0.15, 0.2) is 18.2 Å². The molecule has 2 aliphatic heterocycles. The Labute approximate surface area is 160 Å². The van der Waals surface area contributed by atoms with Gasteiger partial charge in [0.2, 0.25) is 11.8 Å². The van der Waals surface area contributed by atoms with E-state index in [1.807, 2.05) is 25.1 Å². The number of ether oxygens (including phenoxy) is 3. The van der Waals surface area contributed by atoms with Gasteiger partial charge in [0.25, 0.3) is 0 Å². The van der Waals surface area contributed by atoms with Crippen LogP contribution < -0.4 is 14.8 Å². The summed E-state index contributed by atoms with van der Waals surface area (Å²) >= 11 is 0. The number of fused-ring (bicyclic) bond motifs is 1. The first kappa shape index (κ1) is 19.5. The Morgan fingerprint density at radius 3 is 2.63 bits per heavy atom. The monoisotopic (exact) mass is 376 g/mol. The van der Waals surface area contributed by atoms with Crippen LogP contribution in [0.5, 0.6) is 11.5 Å². The highest BCUT2D eigenvalue weighted by atomic mass is 16.5. The van der Waals surface area contributed by atoms with Crippen molar-refractivity contribution in [2.45, 2.75) is 32.2 Å². The Morgan fingerprint density at radius 2 is 1.93 bits per heavy atom. The Morgan fingerprint density at radius 1 is 1.22 bits per heavy atom. The highest BCUT2D eigenvalue weighted by molar-refractivity contribution is 5.80. The minimum Gasteiger partial charge on any atom is -0.490 e. The first-order chi connectivity index (χ1) is 13.1. The van der Waals surface area contributed by atoms with Crippen molar-refractivity contribution >= 4 is 11.8 Å². The smallest absolute Gasteiger partial charge is 0.248 e. The molecule has 1 fully saturated rings. The largest absolute Gasteiger partial charge is 0.490 e. The molecule has 0 aromatic heterocycles. The van der Waals surface area contributed by atoms with E-state index in [4.69, 9.17) is 14.2 Å². The Bertz CT molecular complexity index is 670. The number of carbonyl (C=O) groups is 2. The van der Waals surface area contributed by atoms with Gasteiger partial charge in [-0.2, -0.15) is 0 Å². The molecule has 0 saturated carbocycles. The molecular formula is C20H28N2O5. The lowest BCUT2D eigenvalue weighted by Gasteiger charge is -2.31. The zero-order valence-corrected chi connectivity index (χ0v) is 16.0. The zero-order valence-electron chi connectivity index (χ0n) is 16.0. The predicted molar refractivity (Wildman–Crippen MR) is 99.8 cm³/mol. The highest BCUT2D eigenvalue weighted by Crippen LogP contribution is 2.32. The van der Waals surface area contributed by atoms with E-state index in [-0.39, 0.29) is 30.4 Å². The van der Waals surface area contributed by atoms with Crippen LogP contribution in [-0.2, 0) is 14.3 Å². The molecule has 2 amide bonds. The maximum absolute atomic E-state index is 12.6. The lowest BCUT2D eigenvalue weighted by Crippen LogP contribution is -2.44. The molecule has 1 aromatic rings. The number of nitrogens with zero attached hydrogens (tertiary/aromatic N) is 1. The second-order valence-corrected chi connectivity index (χ2v) is 7.07. The number of nitrogens with one attached hydrogen (secondary N) is 1. The van der Waals surface area contributed by atoms with Gasteiger partial charge in [-0.25, -0.2) is 0 Å². The third-order valence-corrected chi connectivity index (χ3v) is 5.12. The van der Waals surface area contributed by atoms with E-state index in [2.05, 4.69) is 5.32 Å². The molecule has 1 aromatic carbocycles. The number of methoxy groups -OCH3 is 1. The first-order valence-corrected chi connectivity index (χ1v) is 9.55. The predicted octanol–water partition coefficient (Wildman–Crippen LogP) is 1.91. The Balaban J connectivity index is 1.54. The van der Waals surface area contributed by atoms with Crippen molar-refractivity contribution in [1.82, 2.24) is 10.2 Å². The summed E-state index contributed by atoms with van der Waals surface area (Å²) in [5, 5.41) is 3.09. The number of hydrogen-bond donors (Lipinski definition) is 1. The Hall–Kier alpha value is -2.28. The van der Waals surface area contributed by atoms with Crippen LogP contribution in [-0.4, -0.2) is 56.7 Å². The van der Waals surface area contributed by atoms with Crippen molar-refractivity contribution in [1.29, 1.82) is 0 Å². The number of rotatable bonds is 5. The quantitative estimate of drug-likeness (QED) is 0.849. The van der Waals surface area contributed by atoms with E-state index in [0.29, 0.717) is 39.1 Å². The maximum Gasteiger partial charge on any atom is 0.248 e. The zero-order chi connectivity index (χ0) is 19.2. The lowest BCUT2D eigenvalue weighted by molar-refractivity contribution is -0.138. The van der Waals surface area contributed by atoms with Crippen LogP contribution in [0.1, 0.15) is 37.8 Å². The van der Waals surface area contributed by atoms with Gasteiger partial charge >= 0.3 is 0 Å². The van der Waals surface area contributed by atoms with Crippen molar-refractivity contribution in [3.05, 3.63) is 23.8 Å². The summed E-state index contributed by atoms with van der Waals surface area (Å²) < 4.78 is 16.3. The molecule has 148 valence electrons. The normalized spacial score (nSPS) is 18.5. The number of benzene rings is 1. The van der Waals surface area contributed by atoms with Crippen LogP contribution in [0, 0.1) is 5.92 Å². The van der Waals surface area contributed by atoms with Crippen molar-refractivity contribution in [3.8, 4) is 11.5 Å². The molecule has 1 N–H and O–H groups in total. The molecule has 0 aliphatic carbocycles. The third-order valence-electron chi connectivity index (χ3n) is 5.12. The number of hydrogen-bond acceptors (Lipinski definition) is 5. The summed E-state index contributed by atoms with van der Waals surface area (Å²) in [6, 6.07) is 5.68. The van der Waals surface area contributed by atoms with E-state index in [1.165, 1.54) is 7.11 Å². The van der Waals surface area contributed by atoms with Crippen molar-refractivity contribution in [2.75, 3.05) is 40.0 Å². The lowest BCUT2D eigenvalue weighted by atomic mass is 9.95. The van der Waals surface area contributed by atoms with Crippen LogP contribution in [0.25, 0.3) is 0 Å². The van der Waals surface area contributed by atoms with Crippen LogP contribution in [0.3, 0.4) is 0 Å². The van der Waals surface area contributed by atoms with Crippen molar-refractivity contribution < 1.29 is 23.8 Å². The fraction of sp³-hybridized carbons (Fsp3) is 0.600. The van der Waals surface area contributed by atoms with Crippen LogP contribution >= 0.6 is 0 Å². The van der Waals surface area contributed by atoms with E-state index in [9.17, 15) is 9.59 Å². The van der Waals surface area contributed by atoms with Gasteiger partial charge < -0.3 is 24.4 Å². The second-order valence-electron chi connectivity index (χ2n) is 7.07. The fourth-order valence-corrected chi connectivity index (χ4v) is 3.47. The summed E-state index contributed by atoms with van der Waals surface area (Å²) in [4.78, 5) is 26.3. The summed E-state index contributed by atoms with van der Waals surface area (Å²) in [6.45, 7) is 4.55. The molecule has 1 atom stereocenters. The summed E-state index contributed by atoms with van der Waals surface area (Å²) in [5.41, 5.74) is 0.986. The third kappa shape index (κ3) is 4.91. The topological polar surface area (TPSA) is 77.1 Å². The maximum atomic E-state index is 12.6. The summed E-state index contributed by atoms with van der Waals surface area (Å²) in [5.74, 6) is 1.43. The van der Waals surface area contributed by atoms with Gasteiger partial charge in [-0.05, 0) is 37.5 Å². The van der Waals surface area contributed by atoms with Gasteiger partial charge in [0.05, 0.1) is 19.3 Å². The molecule has 0 bridgehead atoms. The molecule has 3 rings (SSSR count). The molecular weight excluding hydrogens is 348 g/mol. The average molecular weight is 376 g/mol.